The van der Waals surface area contributed by atoms with E-state index in [2.05, 4.69) is 203 Å². The number of rotatable bonds is 6. The molecule has 0 saturated heterocycles. The van der Waals surface area contributed by atoms with Crippen LogP contribution in [0.5, 0.6) is 0 Å². The van der Waals surface area contributed by atoms with Gasteiger partial charge in [0.05, 0.1) is 0 Å². The van der Waals surface area contributed by atoms with Crippen LogP contribution >= 0.6 is 0 Å². The quantitative estimate of drug-likeness (QED) is 0.156. The molecule has 2 aliphatic carbocycles. The van der Waals surface area contributed by atoms with Crippen molar-refractivity contribution in [1.29, 1.82) is 0 Å². The first-order valence-electron chi connectivity index (χ1n) is 22.3. The minimum absolute atomic E-state index is 0. The first kappa shape index (κ1) is 48.9. The molecule has 61 heavy (non-hydrogen) atoms. The van der Waals surface area contributed by atoms with E-state index in [4.69, 9.17) is 0 Å². The predicted octanol–water partition coefficient (Wildman–Crippen LogP) is 9.43. The van der Waals surface area contributed by atoms with Crippen LogP contribution in [-0.4, -0.2) is 3.21 Å². The third kappa shape index (κ3) is 9.16. The summed E-state index contributed by atoms with van der Waals surface area (Å²) in [6.45, 7) is 40.7. The Morgan fingerprint density at radius 1 is 0.590 bits per heavy atom. The van der Waals surface area contributed by atoms with Crippen LogP contribution in [0.3, 0.4) is 0 Å². The molecule has 0 radical (unpaired) electrons. The third-order valence-corrected chi connectivity index (χ3v) is 21.2. The Labute approximate surface area is 390 Å². The minimum Gasteiger partial charge on any atom is -1.00 e. The summed E-state index contributed by atoms with van der Waals surface area (Å²) >= 11 is -3.02. The fraction of sp³-hybridized carbons (Fsp3) is 0.397. The summed E-state index contributed by atoms with van der Waals surface area (Å²) in [6, 6.07) is 29.0. The molecule has 1 atom stereocenters. The SMILES string of the molecule is CCC1C=C(C(C)(C)C)C=[C]1/[Zr+2](=[C](\C)c1ccccc1)[c]1c2c(cc(C(C)(C)C)c1-c1c(C)cc(C)cc1C)-c1cc(C(C)(C)C)c(-c3c(C)cc(C)cc3C)cc1C2.[Cl-].[Cl-]. The fourth-order valence-electron chi connectivity index (χ4n) is 10.6. The molecule has 2 aliphatic rings. The van der Waals surface area contributed by atoms with Crippen LogP contribution in [0.1, 0.15) is 144 Å². The molecule has 0 N–H and O–H groups in total. The van der Waals surface area contributed by atoms with Gasteiger partial charge >= 0.3 is 369 Å². The zero-order chi connectivity index (χ0) is 43.1. The van der Waals surface area contributed by atoms with E-state index in [1.807, 2.05) is 0 Å². The van der Waals surface area contributed by atoms with Crippen LogP contribution in [0.25, 0.3) is 33.4 Å². The molecule has 0 aliphatic heterocycles. The summed E-state index contributed by atoms with van der Waals surface area (Å²) in [5.74, 6) is 0.453. The summed E-state index contributed by atoms with van der Waals surface area (Å²) in [4.78, 5) is 0. The molecule has 0 nitrogen and oxygen atoms in total. The van der Waals surface area contributed by atoms with E-state index in [1.54, 1.807) is 20.9 Å². The molecule has 1 unspecified atom stereocenters. The Morgan fingerprint density at radius 2 is 1.10 bits per heavy atom. The Kier molecular flexibility index (Phi) is 14.3. The molecule has 7 rings (SSSR count). The van der Waals surface area contributed by atoms with E-state index in [0.717, 1.165) is 12.8 Å². The van der Waals surface area contributed by atoms with Gasteiger partial charge in [-0.25, -0.2) is 0 Å². The molecule has 0 aromatic heterocycles. The van der Waals surface area contributed by atoms with Gasteiger partial charge in [0.15, 0.2) is 0 Å². The molecule has 5 aromatic carbocycles. The molecule has 0 amide bonds. The zero-order valence-electron chi connectivity index (χ0n) is 40.3. The largest absolute Gasteiger partial charge is 1.00 e. The monoisotopic (exact) mass is 926 g/mol. The zero-order valence-corrected chi connectivity index (χ0v) is 44.3. The maximum atomic E-state index is 2.71. The van der Waals surface area contributed by atoms with Crippen LogP contribution < -0.4 is 28.1 Å². The maximum Gasteiger partial charge on any atom is -1.00 e. The predicted molar refractivity (Wildman–Crippen MR) is 257 cm³/mol. The molecule has 0 heterocycles. The number of hydrogen-bond acceptors (Lipinski definition) is 0. The standard InChI is InChI=1S/C39H45.C11H17.C8H8.2ClH.Zr/c1-22-13-24(3)36(25(4)14-22)32-18-28-17-29-19-33(37-26(5)15-23(2)16-27(37)6)35(39(10,11)12)21-31(29)30(28)20-34(32)38(7,8)9;1-5-9-6-7-10(8-9)11(2,3)4;1-2-8-6-4-3-5-7-8;;;/h13-16,18,20-21H,17H2,1-12H3;7-9H,5H2,1-4H3;3-7H,1H3;2*1H;/q;;;;;+2/p-2. The summed E-state index contributed by atoms with van der Waals surface area (Å²) in [5, 5.41) is 0. The number of aryl methyl sites for hydroxylation is 6. The van der Waals surface area contributed by atoms with Crippen LogP contribution in [0.15, 0.2) is 93.8 Å². The van der Waals surface area contributed by atoms with Gasteiger partial charge in [-0.2, -0.15) is 0 Å². The van der Waals surface area contributed by atoms with Gasteiger partial charge in [0, 0.05) is 0 Å². The van der Waals surface area contributed by atoms with Crippen LogP contribution in [-0.2, 0) is 38.5 Å². The second-order valence-electron chi connectivity index (χ2n) is 21.3. The number of hydrogen-bond donors (Lipinski definition) is 0. The van der Waals surface area contributed by atoms with Crippen LogP contribution in [0.4, 0.5) is 0 Å². The average Bonchev–Trinajstić information content (AvgIpc) is 3.72. The maximum absolute atomic E-state index is 3.02. The Hall–Kier alpha value is -3.09. The first-order valence-corrected chi connectivity index (χ1v) is 25.9. The Bertz CT molecular complexity index is 2560. The molecule has 0 bridgehead atoms. The van der Waals surface area contributed by atoms with Crippen molar-refractivity contribution in [2.24, 2.45) is 11.3 Å². The second-order valence-corrected chi connectivity index (χ2v) is 27.7. The molecule has 5 aromatic rings. The Balaban J connectivity index is 0.00000352. The molecule has 0 spiro atoms. The molecule has 3 heteroatoms. The van der Waals surface area contributed by atoms with Gasteiger partial charge in [-0.3, -0.25) is 0 Å². The van der Waals surface area contributed by atoms with E-state index < -0.39 is 21.3 Å². The van der Waals surface area contributed by atoms with Gasteiger partial charge in [0.25, 0.3) is 0 Å². The van der Waals surface area contributed by atoms with Gasteiger partial charge in [-0.1, -0.05) is 0 Å². The number of halogens is 2. The summed E-state index contributed by atoms with van der Waals surface area (Å²) < 4.78 is 5.10. The van der Waals surface area contributed by atoms with Crippen molar-refractivity contribution in [1.82, 2.24) is 0 Å². The topological polar surface area (TPSA) is 0 Å². The van der Waals surface area contributed by atoms with E-state index >= 15 is 0 Å². The summed E-state index contributed by atoms with van der Waals surface area (Å²) in [6.07, 6.45) is 7.47. The van der Waals surface area contributed by atoms with Gasteiger partial charge in [-0.15, -0.1) is 0 Å². The van der Waals surface area contributed by atoms with E-state index in [1.165, 1.54) is 89.0 Å². The van der Waals surface area contributed by atoms with Gasteiger partial charge in [-0.05, 0) is 0 Å². The fourth-order valence-corrected chi connectivity index (χ4v) is 19.3. The molecular weight excluding hydrogens is 859 g/mol. The van der Waals surface area contributed by atoms with Gasteiger partial charge < -0.3 is 24.8 Å². The van der Waals surface area contributed by atoms with Gasteiger partial charge in [0.1, 0.15) is 0 Å². The molecule has 0 saturated carbocycles. The number of fused-ring (bicyclic) bond motifs is 3. The van der Waals surface area contributed by atoms with Crippen LogP contribution in [0, 0.1) is 52.9 Å². The smallest absolute Gasteiger partial charge is 1.00 e. The average molecular weight is 929 g/mol. The first-order chi connectivity index (χ1) is 27.5. The normalized spacial score (nSPS) is 15.0. The van der Waals surface area contributed by atoms with Crippen molar-refractivity contribution in [2.45, 2.75) is 141 Å². The van der Waals surface area contributed by atoms with E-state index in [-0.39, 0.29) is 41.1 Å². The summed E-state index contributed by atoms with van der Waals surface area (Å²) in [5.41, 5.74) is 25.9. The minimum atomic E-state index is -3.02. The van der Waals surface area contributed by atoms with Crippen molar-refractivity contribution in [3.8, 4) is 33.4 Å². The molecule has 0 fully saturated rings. The molecule has 320 valence electrons. The molecular formula is C58H70Cl2Zr. The van der Waals surface area contributed by atoms with Crippen LogP contribution in [0.2, 0.25) is 0 Å². The summed E-state index contributed by atoms with van der Waals surface area (Å²) in [7, 11) is 0. The second kappa shape index (κ2) is 17.8. The van der Waals surface area contributed by atoms with E-state index in [9.17, 15) is 0 Å². The number of benzene rings is 5. The Morgan fingerprint density at radius 3 is 1.59 bits per heavy atom. The van der Waals surface area contributed by atoms with Crippen molar-refractivity contribution in [3.63, 3.8) is 0 Å². The number of allylic oxidation sites excluding steroid dienone is 4. The van der Waals surface area contributed by atoms with Crippen molar-refractivity contribution >= 4 is 6.48 Å². The van der Waals surface area contributed by atoms with Crippen molar-refractivity contribution in [3.05, 3.63) is 155 Å². The van der Waals surface area contributed by atoms with E-state index in [0.29, 0.717) is 5.92 Å². The van der Waals surface area contributed by atoms with Crippen molar-refractivity contribution < 1.29 is 46.1 Å². The van der Waals surface area contributed by atoms with Gasteiger partial charge in [0.2, 0.25) is 0 Å². The third-order valence-electron chi connectivity index (χ3n) is 13.3. The van der Waals surface area contributed by atoms with Crippen molar-refractivity contribution in [2.75, 3.05) is 0 Å².